The molecule has 0 aromatic carbocycles. The summed E-state index contributed by atoms with van der Waals surface area (Å²) in [6.07, 6.45) is 3.36. The Bertz CT molecular complexity index is 104. The van der Waals surface area contributed by atoms with Crippen LogP contribution in [0.3, 0.4) is 0 Å². The van der Waals surface area contributed by atoms with Crippen molar-refractivity contribution in [3.05, 3.63) is 0 Å². The average molecular weight is 157 g/mol. The van der Waals surface area contributed by atoms with Crippen molar-refractivity contribution < 1.29 is 4.79 Å². The molecule has 0 aliphatic heterocycles. The van der Waals surface area contributed by atoms with Crippen molar-refractivity contribution in [2.75, 3.05) is 13.1 Å². The van der Waals surface area contributed by atoms with Crippen LogP contribution in [0, 0.1) is 0 Å². The maximum absolute atomic E-state index is 10.2. The normalized spacial score (nSPS) is 13.5. The number of rotatable bonds is 6. The molecular weight excluding hydrogens is 138 g/mol. The largest absolute Gasteiger partial charge is 0.302 e. The van der Waals surface area contributed by atoms with Gasteiger partial charge in [0.2, 0.25) is 0 Å². The lowest BCUT2D eigenvalue weighted by Crippen LogP contribution is -2.34. The van der Waals surface area contributed by atoms with Gasteiger partial charge in [0, 0.05) is 6.04 Å². The molecule has 0 saturated carbocycles. The van der Waals surface area contributed by atoms with Gasteiger partial charge in [-0.2, -0.15) is 0 Å². The fourth-order valence-electron chi connectivity index (χ4n) is 1.32. The molecule has 0 fully saturated rings. The molecular formula is C9H19NO. The highest BCUT2D eigenvalue weighted by molar-refractivity contribution is 5.52. The van der Waals surface area contributed by atoms with Crippen LogP contribution in [0.2, 0.25) is 0 Å². The SMILES string of the molecule is CCCC(C)N(CC)CC=O. The first-order valence-electron chi connectivity index (χ1n) is 4.43. The van der Waals surface area contributed by atoms with Gasteiger partial charge in [-0.05, 0) is 19.9 Å². The number of aldehydes is 1. The van der Waals surface area contributed by atoms with E-state index >= 15 is 0 Å². The second kappa shape index (κ2) is 6.35. The van der Waals surface area contributed by atoms with Crippen LogP contribution in [0.5, 0.6) is 0 Å². The summed E-state index contributed by atoms with van der Waals surface area (Å²) >= 11 is 0. The molecule has 0 rings (SSSR count). The standard InChI is InChI=1S/C9H19NO/c1-4-6-9(3)10(5-2)7-8-11/h8-9H,4-7H2,1-3H3. The van der Waals surface area contributed by atoms with E-state index in [4.69, 9.17) is 0 Å². The van der Waals surface area contributed by atoms with E-state index < -0.39 is 0 Å². The zero-order valence-corrected chi connectivity index (χ0v) is 7.84. The van der Waals surface area contributed by atoms with Gasteiger partial charge in [-0.15, -0.1) is 0 Å². The van der Waals surface area contributed by atoms with Gasteiger partial charge in [0.25, 0.3) is 0 Å². The zero-order valence-electron chi connectivity index (χ0n) is 7.84. The lowest BCUT2D eigenvalue weighted by molar-refractivity contribution is -0.109. The molecule has 66 valence electrons. The summed E-state index contributed by atoms with van der Waals surface area (Å²) in [4.78, 5) is 12.4. The third kappa shape index (κ3) is 4.14. The minimum absolute atomic E-state index is 0.551. The molecule has 2 nitrogen and oxygen atoms in total. The third-order valence-electron chi connectivity index (χ3n) is 2.05. The molecule has 0 radical (unpaired) electrons. The van der Waals surface area contributed by atoms with Crippen LogP contribution in [0.15, 0.2) is 0 Å². The highest BCUT2D eigenvalue weighted by Gasteiger charge is 2.08. The van der Waals surface area contributed by atoms with Crippen LogP contribution in [0.25, 0.3) is 0 Å². The molecule has 2 heteroatoms. The topological polar surface area (TPSA) is 20.3 Å². The molecule has 11 heavy (non-hydrogen) atoms. The highest BCUT2D eigenvalue weighted by atomic mass is 16.1. The Morgan fingerprint density at radius 1 is 1.45 bits per heavy atom. The first-order valence-corrected chi connectivity index (χ1v) is 4.43. The van der Waals surface area contributed by atoms with Crippen LogP contribution in [0.4, 0.5) is 0 Å². The Balaban J connectivity index is 3.70. The van der Waals surface area contributed by atoms with Crippen molar-refractivity contribution in [3.63, 3.8) is 0 Å². The van der Waals surface area contributed by atoms with Crippen LogP contribution >= 0.6 is 0 Å². The summed E-state index contributed by atoms with van der Waals surface area (Å²) in [7, 11) is 0. The third-order valence-corrected chi connectivity index (χ3v) is 2.05. The maximum atomic E-state index is 10.2. The van der Waals surface area contributed by atoms with Gasteiger partial charge in [0.15, 0.2) is 0 Å². The predicted molar refractivity (Wildman–Crippen MR) is 47.7 cm³/mol. The van der Waals surface area contributed by atoms with Gasteiger partial charge in [-0.3, -0.25) is 4.90 Å². The smallest absolute Gasteiger partial charge is 0.133 e. The number of hydrogen-bond donors (Lipinski definition) is 0. The predicted octanol–water partition coefficient (Wildman–Crippen LogP) is 1.70. The molecule has 1 atom stereocenters. The summed E-state index contributed by atoms with van der Waals surface area (Å²) in [5, 5.41) is 0. The Labute approximate surface area is 69.6 Å². The van der Waals surface area contributed by atoms with E-state index in [1.54, 1.807) is 0 Å². The lowest BCUT2D eigenvalue weighted by Gasteiger charge is -2.24. The molecule has 0 saturated heterocycles. The van der Waals surface area contributed by atoms with Crippen LogP contribution in [-0.2, 0) is 4.79 Å². The summed E-state index contributed by atoms with van der Waals surface area (Å²) in [6.45, 7) is 8.00. The van der Waals surface area contributed by atoms with Crippen molar-refractivity contribution in [1.82, 2.24) is 4.90 Å². The van der Waals surface area contributed by atoms with Crippen molar-refractivity contribution in [1.29, 1.82) is 0 Å². The first kappa shape index (κ1) is 10.6. The van der Waals surface area contributed by atoms with Gasteiger partial charge >= 0.3 is 0 Å². The van der Waals surface area contributed by atoms with Crippen molar-refractivity contribution >= 4 is 6.29 Å². The Hall–Kier alpha value is -0.370. The molecule has 0 heterocycles. The fraction of sp³-hybridized carbons (Fsp3) is 0.889. The van der Waals surface area contributed by atoms with Gasteiger partial charge in [0.1, 0.15) is 6.29 Å². The van der Waals surface area contributed by atoms with Crippen LogP contribution in [0.1, 0.15) is 33.6 Å². The minimum atomic E-state index is 0.551. The zero-order chi connectivity index (χ0) is 8.69. The van der Waals surface area contributed by atoms with E-state index in [0.717, 1.165) is 12.8 Å². The van der Waals surface area contributed by atoms with E-state index in [1.165, 1.54) is 12.8 Å². The Morgan fingerprint density at radius 2 is 2.09 bits per heavy atom. The highest BCUT2D eigenvalue weighted by Crippen LogP contribution is 2.04. The summed E-state index contributed by atoms with van der Waals surface area (Å²) in [5.41, 5.74) is 0. The number of nitrogens with zero attached hydrogens (tertiary/aromatic N) is 1. The number of likely N-dealkylation sites (N-methyl/N-ethyl adjacent to an activating group) is 1. The summed E-state index contributed by atoms with van der Waals surface area (Å²) in [6, 6.07) is 0.551. The molecule has 0 aliphatic rings. The molecule has 0 spiro atoms. The molecule has 0 aromatic rings. The summed E-state index contributed by atoms with van der Waals surface area (Å²) in [5.74, 6) is 0. The molecule has 1 unspecified atom stereocenters. The summed E-state index contributed by atoms with van der Waals surface area (Å²) < 4.78 is 0. The van der Waals surface area contributed by atoms with Crippen molar-refractivity contribution in [2.45, 2.75) is 39.7 Å². The van der Waals surface area contributed by atoms with Crippen LogP contribution in [-0.4, -0.2) is 30.3 Å². The van der Waals surface area contributed by atoms with E-state index in [1.807, 2.05) is 0 Å². The number of carbonyl (C=O) groups excluding carboxylic acids is 1. The van der Waals surface area contributed by atoms with Gasteiger partial charge in [0.05, 0.1) is 6.54 Å². The van der Waals surface area contributed by atoms with Crippen molar-refractivity contribution in [3.8, 4) is 0 Å². The van der Waals surface area contributed by atoms with E-state index in [-0.39, 0.29) is 0 Å². The molecule has 0 bridgehead atoms. The van der Waals surface area contributed by atoms with Crippen LogP contribution < -0.4 is 0 Å². The maximum Gasteiger partial charge on any atom is 0.133 e. The van der Waals surface area contributed by atoms with E-state index in [0.29, 0.717) is 12.6 Å². The molecule has 0 N–H and O–H groups in total. The minimum Gasteiger partial charge on any atom is -0.302 e. The molecule has 0 aliphatic carbocycles. The number of hydrogen-bond acceptors (Lipinski definition) is 2. The lowest BCUT2D eigenvalue weighted by atomic mass is 10.1. The average Bonchev–Trinajstić information content (AvgIpc) is 2.00. The van der Waals surface area contributed by atoms with E-state index in [2.05, 4.69) is 25.7 Å². The second-order valence-electron chi connectivity index (χ2n) is 2.89. The van der Waals surface area contributed by atoms with E-state index in [9.17, 15) is 4.79 Å². The Kier molecular flexibility index (Phi) is 6.13. The van der Waals surface area contributed by atoms with Gasteiger partial charge < -0.3 is 4.79 Å². The second-order valence-corrected chi connectivity index (χ2v) is 2.89. The Morgan fingerprint density at radius 3 is 2.45 bits per heavy atom. The first-order chi connectivity index (χ1) is 5.26. The molecule has 0 aromatic heterocycles. The molecule has 0 amide bonds. The monoisotopic (exact) mass is 157 g/mol. The van der Waals surface area contributed by atoms with Crippen molar-refractivity contribution in [2.24, 2.45) is 0 Å². The number of carbonyl (C=O) groups is 1. The van der Waals surface area contributed by atoms with Gasteiger partial charge in [-0.25, -0.2) is 0 Å². The van der Waals surface area contributed by atoms with Gasteiger partial charge in [-0.1, -0.05) is 20.3 Å². The quantitative estimate of drug-likeness (QED) is 0.547. The fourth-order valence-corrected chi connectivity index (χ4v) is 1.32.